The molecule has 5 heteroatoms. The zero-order valence-corrected chi connectivity index (χ0v) is 8.45. The van der Waals surface area contributed by atoms with E-state index in [-0.39, 0.29) is 5.56 Å². The molecule has 0 aliphatic rings. The van der Waals surface area contributed by atoms with Gasteiger partial charge in [0.2, 0.25) is 0 Å². The van der Waals surface area contributed by atoms with E-state index in [4.69, 9.17) is 10.4 Å². The molecule has 1 atom stereocenters. The monoisotopic (exact) mass is 257 g/mol. The topological polar surface area (TPSA) is 61.1 Å². The van der Waals surface area contributed by atoms with Crippen LogP contribution in [0.15, 0.2) is 28.7 Å². The minimum Gasteiger partial charge on any atom is -0.478 e. The third-order valence-electron chi connectivity index (χ3n) is 1.69. The number of nitrogens with zero attached hydrogens (tertiary/aromatic N) is 1. The van der Waals surface area contributed by atoms with E-state index < -0.39 is 11.6 Å². The summed E-state index contributed by atoms with van der Waals surface area (Å²) in [5, 5.41) is 17.0. The van der Waals surface area contributed by atoms with Gasteiger partial charge in [0.15, 0.2) is 0 Å². The summed E-state index contributed by atoms with van der Waals surface area (Å²) >= 11 is 3.12. The second-order valence-corrected chi connectivity index (χ2v) is 3.50. The molecule has 1 N–H and O–H groups in total. The van der Waals surface area contributed by atoms with Crippen molar-refractivity contribution in [2.75, 3.05) is 0 Å². The number of carboxylic acid groups (broad SMARTS) is 1. The van der Waals surface area contributed by atoms with Gasteiger partial charge in [-0.2, -0.15) is 5.26 Å². The standard InChI is InChI=1S/C9H5BrFNO2/c10-7-3-1-6(2-4-7)9(11,5-12)8(13)14/h1-4H,(H,13,14). The number of alkyl halides is 1. The van der Waals surface area contributed by atoms with Crippen LogP contribution in [0.2, 0.25) is 0 Å². The van der Waals surface area contributed by atoms with Crippen molar-refractivity contribution >= 4 is 21.9 Å². The van der Waals surface area contributed by atoms with Gasteiger partial charge in [0.1, 0.15) is 6.07 Å². The molecule has 0 amide bonds. The fourth-order valence-electron chi connectivity index (χ4n) is 0.915. The highest BCUT2D eigenvalue weighted by molar-refractivity contribution is 9.10. The normalized spacial score (nSPS) is 14.1. The minimum absolute atomic E-state index is 0.185. The highest BCUT2D eigenvalue weighted by Gasteiger charge is 2.41. The lowest BCUT2D eigenvalue weighted by molar-refractivity contribution is -0.147. The molecule has 0 aliphatic carbocycles. The number of nitriles is 1. The first-order chi connectivity index (χ1) is 6.50. The van der Waals surface area contributed by atoms with Crippen molar-refractivity contribution < 1.29 is 14.3 Å². The molecule has 72 valence electrons. The van der Waals surface area contributed by atoms with Crippen LogP contribution in [0.3, 0.4) is 0 Å². The predicted octanol–water partition coefficient (Wildman–Crippen LogP) is 2.22. The maximum Gasteiger partial charge on any atom is 0.361 e. The van der Waals surface area contributed by atoms with E-state index in [1.807, 2.05) is 0 Å². The van der Waals surface area contributed by atoms with Crippen LogP contribution in [0.25, 0.3) is 0 Å². The molecule has 1 aromatic carbocycles. The lowest BCUT2D eigenvalue weighted by Gasteiger charge is -2.11. The molecule has 0 aliphatic heterocycles. The van der Waals surface area contributed by atoms with Crippen molar-refractivity contribution in [1.29, 1.82) is 5.26 Å². The fourth-order valence-corrected chi connectivity index (χ4v) is 1.18. The van der Waals surface area contributed by atoms with Gasteiger partial charge in [0, 0.05) is 10.0 Å². The number of hydrogen-bond acceptors (Lipinski definition) is 2. The molecule has 0 bridgehead atoms. The Morgan fingerprint density at radius 2 is 2.00 bits per heavy atom. The Hall–Kier alpha value is -1.41. The van der Waals surface area contributed by atoms with Gasteiger partial charge in [-0.1, -0.05) is 28.1 Å². The van der Waals surface area contributed by atoms with Crippen LogP contribution in [0.4, 0.5) is 4.39 Å². The Morgan fingerprint density at radius 1 is 1.50 bits per heavy atom. The highest BCUT2D eigenvalue weighted by atomic mass is 79.9. The maximum atomic E-state index is 13.5. The van der Waals surface area contributed by atoms with Gasteiger partial charge in [-0.15, -0.1) is 0 Å². The first kappa shape index (κ1) is 10.7. The van der Waals surface area contributed by atoms with Crippen LogP contribution in [-0.2, 0) is 10.5 Å². The molecule has 14 heavy (non-hydrogen) atoms. The third kappa shape index (κ3) is 1.75. The van der Waals surface area contributed by atoms with Crippen molar-refractivity contribution in [1.82, 2.24) is 0 Å². The average Bonchev–Trinajstić information content (AvgIpc) is 2.17. The number of hydrogen-bond donors (Lipinski definition) is 1. The van der Waals surface area contributed by atoms with Crippen molar-refractivity contribution in [2.45, 2.75) is 5.67 Å². The molecule has 1 rings (SSSR count). The Kier molecular flexibility index (Phi) is 2.87. The van der Waals surface area contributed by atoms with Gasteiger partial charge in [-0.3, -0.25) is 0 Å². The third-order valence-corrected chi connectivity index (χ3v) is 2.22. The van der Waals surface area contributed by atoms with Crippen LogP contribution < -0.4 is 0 Å². The number of carboxylic acids is 1. The lowest BCUT2D eigenvalue weighted by atomic mass is 9.98. The van der Waals surface area contributed by atoms with Gasteiger partial charge in [0.25, 0.3) is 0 Å². The summed E-state index contributed by atoms with van der Waals surface area (Å²) in [5.41, 5.74) is -3.16. The SMILES string of the molecule is N#CC(F)(C(=O)O)c1ccc(Br)cc1. The second kappa shape index (κ2) is 3.76. The van der Waals surface area contributed by atoms with Crippen molar-refractivity contribution in [3.63, 3.8) is 0 Å². The molecule has 1 aromatic rings. The second-order valence-electron chi connectivity index (χ2n) is 2.58. The summed E-state index contributed by atoms with van der Waals surface area (Å²) in [6, 6.07) is 6.59. The number of carbonyl (C=O) groups is 1. The summed E-state index contributed by atoms with van der Waals surface area (Å²) in [5.74, 6) is -1.80. The van der Waals surface area contributed by atoms with E-state index >= 15 is 0 Å². The summed E-state index contributed by atoms with van der Waals surface area (Å²) in [4.78, 5) is 10.5. The molecular weight excluding hydrogens is 253 g/mol. The summed E-state index contributed by atoms with van der Waals surface area (Å²) in [7, 11) is 0. The molecule has 0 saturated carbocycles. The molecule has 0 aromatic heterocycles. The molecule has 0 saturated heterocycles. The Labute approximate surface area is 87.9 Å². The fraction of sp³-hybridized carbons (Fsp3) is 0.111. The molecule has 0 fully saturated rings. The molecule has 0 radical (unpaired) electrons. The van der Waals surface area contributed by atoms with Crippen LogP contribution in [0, 0.1) is 11.3 Å². The van der Waals surface area contributed by atoms with Gasteiger partial charge >= 0.3 is 11.6 Å². The average molecular weight is 258 g/mol. The maximum absolute atomic E-state index is 13.5. The predicted molar refractivity (Wildman–Crippen MR) is 50.2 cm³/mol. The molecule has 0 spiro atoms. The quantitative estimate of drug-likeness (QED) is 0.884. The van der Waals surface area contributed by atoms with Gasteiger partial charge in [0.05, 0.1) is 0 Å². The summed E-state index contributed by atoms with van der Waals surface area (Å²) < 4.78 is 14.2. The van der Waals surface area contributed by atoms with E-state index in [2.05, 4.69) is 15.9 Å². The van der Waals surface area contributed by atoms with Crippen molar-refractivity contribution in [2.24, 2.45) is 0 Å². The zero-order valence-electron chi connectivity index (χ0n) is 6.87. The van der Waals surface area contributed by atoms with E-state index in [0.717, 1.165) is 6.07 Å². The van der Waals surface area contributed by atoms with Crippen LogP contribution in [0.1, 0.15) is 5.56 Å². The van der Waals surface area contributed by atoms with Crippen LogP contribution in [0.5, 0.6) is 0 Å². The van der Waals surface area contributed by atoms with Crippen molar-refractivity contribution in [3.8, 4) is 6.07 Å². The molecular formula is C9H5BrFNO2. The van der Waals surface area contributed by atoms with Crippen LogP contribution in [-0.4, -0.2) is 11.1 Å². The smallest absolute Gasteiger partial charge is 0.361 e. The molecule has 3 nitrogen and oxygen atoms in total. The van der Waals surface area contributed by atoms with Gasteiger partial charge in [-0.05, 0) is 12.1 Å². The highest BCUT2D eigenvalue weighted by Crippen LogP contribution is 2.26. The largest absolute Gasteiger partial charge is 0.478 e. The molecule has 0 heterocycles. The lowest BCUT2D eigenvalue weighted by Crippen LogP contribution is -2.28. The van der Waals surface area contributed by atoms with Crippen LogP contribution >= 0.6 is 15.9 Å². The number of halogens is 2. The van der Waals surface area contributed by atoms with E-state index in [1.165, 1.54) is 24.3 Å². The zero-order chi connectivity index (χ0) is 10.8. The number of rotatable bonds is 2. The summed E-state index contributed by atoms with van der Waals surface area (Å²) in [6.07, 6.45) is 0. The van der Waals surface area contributed by atoms with Gasteiger partial charge in [-0.25, -0.2) is 9.18 Å². The van der Waals surface area contributed by atoms with E-state index in [9.17, 15) is 9.18 Å². The van der Waals surface area contributed by atoms with Gasteiger partial charge < -0.3 is 5.11 Å². The molecule has 1 unspecified atom stereocenters. The first-order valence-electron chi connectivity index (χ1n) is 3.60. The first-order valence-corrected chi connectivity index (χ1v) is 4.39. The number of benzene rings is 1. The number of aliphatic carboxylic acids is 1. The minimum atomic E-state index is -2.97. The van der Waals surface area contributed by atoms with E-state index in [0.29, 0.717) is 4.47 Å². The Balaban J connectivity index is 3.22. The Morgan fingerprint density at radius 3 is 2.36 bits per heavy atom. The Bertz CT molecular complexity index is 398. The van der Waals surface area contributed by atoms with E-state index in [1.54, 1.807) is 0 Å². The van der Waals surface area contributed by atoms with Crippen molar-refractivity contribution in [3.05, 3.63) is 34.3 Å². The summed E-state index contributed by atoms with van der Waals surface area (Å²) in [6.45, 7) is 0.